The van der Waals surface area contributed by atoms with E-state index >= 15 is 0 Å². The Bertz CT molecular complexity index is 1110. The zero-order chi connectivity index (χ0) is 28.6. The third-order valence-electron chi connectivity index (χ3n) is 9.00. The van der Waals surface area contributed by atoms with Crippen LogP contribution in [0.25, 0.3) is 0 Å². The van der Waals surface area contributed by atoms with Gasteiger partial charge in [0.2, 0.25) is 0 Å². The number of hydrogen-bond donors (Lipinski definition) is 1. The maximum atomic E-state index is 13.0. The van der Waals surface area contributed by atoms with Gasteiger partial charge in [-0.1, -0.05) is 80.1 Å². The number of ether oxygens (including phenoxy) is 1. The van der Waals surface area contributed by atoms with Crippen LogP contribution in [0.3, 0.4) is 0 Å². The Morgan fingerprint density at radius 3 is 2.35 bits per heavy atom. The SMILES string of the molecule is C=CCN(C(=O)OCc1ccc(C)cc1)C1CCN(C[C@H]2CC(C(C(=O)O)C(C)C)C[C@@H]2c2ccccc2)CC1. The third-order valence-corrected chi connectivity index (χ3v) is 9.00. The Morgan fingerprint density at radius 1 is 1.07 bits per heavy atom. The van der Waals surface area contributed by atoms with Gasteiger partial charge in [0.25, 0.3) is 0 Å². The molecule has 0 radical (unpaired) electrons. The van der Waals surface area contributed by atoms with E-state index in [0.29, 0.717) is 18.4 Å². The molecule has 2 aliphatic rings. The average Bonchev–Trinajstić information content (AvgIpc) is 3.34. The summed E-state index contributed by atoms with van der Waals surface area (Å²) in [6.07, 6.45) is 5.15. The van der Waals surface area contributed by atoms with Gasteiger partial charge in [-0.05, 0) is 67.4 Å². The summed E-state index contributed by atoms with van der Waals surface area (Å²) in [5.74, 6) is 0.142. The lowest BCUT2D eigenvalue weighted by atomic mass is 9.81. The van der Waals surface area contributed by atoms with Gasteiger partial charge < -0.3 is 19.6 Å². The Hall–Kier alpha value is -3.12. The number of piperidine rings is 1. The number of carbonyl (C=O) groups excluding carboxylic acids is 1. The van der Waals surface area contributed by atoms with Crippen molar-refractivity contribution >= 4 is 12.1 Å². The summed E-state index contributed by atoms with van der Waals surface area (Å²) in [5, 5.41) is 9.99. The highest BCUT2D eigenvalue weighted by atomic mass is 16.6. The van der Waals surface area contributed by atoms with Crippen LogP contribution >= 0.6 is 0 Å². The van der Waals surface area contributed by atoms with E-state index in [-0.39, 0.29) is 36.5 Å². The molecule has 2 aromatic rings. The lowest BCUT2D eigenvalue weighted by molar-refractivity contribution is -0.145. The van der Waals surface area contributed by atoms with Crippen LogP contribution in [0.15, 0.2) is 67.3 Å². The first-order valence-corrected chi connectivity index (χ1v) is 14.9. The van der Waals surface area contributed by atoms with E-state index in [0.717, 1.165) is 50.9 Å². The molecule has 2 fully saturated rings. The molecular weight excluding hydrogens is 500 g/mol. The van der Waals surface area contributed by atoms with Gasteiger partial charge in [-0.3, -0.25) is 4.79 Å². The summed E-state index contributed by atoms with van der Waals surface area (Å²) in [7, 11) is 0. The van der Waals surface area contributed by atoms with Crippen molar-refractivity contribution in [2.75, 3.05) is 26.2 Å². The normalized spacial score (nSPS) is 22.6. The van der Waals surface area contributed by atoms with Crippen molar-refractivity contribution < 1.29 is 19.4 Å². The van der Waals surface area contributed by atoms with Gasteiger partial charge >= 0.3 is 12.1 Å². The lowest BCUT2D eigenvalue weighted by Gasteiger charge is -2.39. The van der Waals surface area contributed by atoms with Crippen molar-refractivity contribution in [2.24, 2.45) is 23.7 Å². The fourth-order valence-corrected chi connectivity index (χ4v) is 6.97. The first kappa shape index (κ1) is 29.9. The maximum absolute atomic E-state index is 13.0. The Labute approximate surface area is 240 Å². The second-order valence-corrected chi connectivity index (χ2v) is 12.1. The highest BCUT2D eigenvalue weighted by Crippen LogP contribution is 2.48. The number of benzene rings is 2. The predicted octanol–water partition coefficient (Wildman–Crippen LogP) is 6.75. The van der Waals surface area contributed by atoms with Crippen LogP contribution in [0.5, 0.6) is 0 Å². The predicted molar refractivity (Wildman–Crippen MR) is 159 cm³/mol. The maximum Gasteiger partial charge on any atom is 0.410 e. The van der Waals surface area contributed by atoms with Crippen molar-refractivity contribution in [3.63, 3.8) is 0 Å². The van der Waals surface area contributed by atoms with E-state index in [4.69, 9.17) is 4.74 Å². The smallest absolute Gasteiger partial charge is 0.410 e. The monoisotopic (exact) mass is 546 g/mol. The standard InChI is InChI=1S/C34H46N2O4/c1-5-17-36(34(39)40-23-26-13-11-25(4)12-14-26)30-15-18-35(19-16-30)22-29-20-28(32(24(2)3)33(37)38)21-31(29)27-9-7-6-8-10-27/h5-14,24,28-32H,1,15-23H2,2-4H3,(H,37,38)/t28?,29-,31-,32?/m1/s1. The van der Waals surface area contributed by atoms with E-state index in [1.54, 1.807) is 6.08 Å². The Kier molecular flexibility index (Phi) is 10.4. The van der Waals surface area contributed by atoms with Crippen LogP contribution in [0.2, 0.25) is 0 Å². The van der Waals surface area contributed by atoms with Gasteiger partial charge in [0.15, 0.2) is 0 Å². The van der Waals surface area contributed by atoms with Crippen molar-refractivity contribution in [1.82, 2.24) is 9.80 Å². The second-order valence-electron chi connectivity index (χ2n) is 12.1. The van der Waals surface area contributed by atoms with E-state index in [2.05, 4.69) is 35.7 Å². The zero-order valence-electron chi connectivity index (χ0n) is 24.4. The van der Waals surface area contributed by atoms with Crippen LogP contribution in [0.4, 0.5) is 4.79 Å². The third kappa shape index (κ3) is 7.54. The number of hydrogen-bond acceptors (Lipinski definition) is 4. The molecule has 0 spiro atoms. The minimum absolute atomic E-state index is 0.120. The molecule has 216 valence electrons. The number of amides is 1. The molecule has 1 heterocycles. The Morgan fingerprint density at radius 2 is 1.75 bits per heavy atom. The lowest BCUT2D eigenvalue weighted by Crippen LogP contribution is -2.48. The molecule has 1 saturated carbocycles. The fourth-order valence-electron chi connectivity index (χ4n) is 6.97. The van der Waals surface area contributed by atoms with Crippen LogP contribution in [0.1, 0.15) is 62.1 Å². The summed E-state index contributed by atoms with van der Waals surface area (Å²) in [6, 6.07) is 18.8. The van der Waals surface area contributed by atoms with Crippen molar-refractivity contribution in [1.29, 1.82) is 0 Å². The minimum Gasteiger partial charge on any atom is -0.481 e. The first-order valence-electron chi connectivity index (χ1n) is 14.9. The minimum atomic E-state index is -0.662. The number of nitrogens with zero attached hydrogens (tertiary/aromatic N) is 2. The molecule has 0 aromatic heterocycles. The number of carboxylic acids is 1. The van der Waals surface area contributed by atoms with E-state index in [1.165, 1.54) is 11.1 Å². The molecular formula is C34H46N2O4. The van der Waals surface area contributed by atoms with Crippen LogP contribution < -0.4 is 0 Å². The fraction of sp³-hybridized carbons (Fsp3) is 0.529. The topological polar surface area (TPSA) is 70.1 Å². The van der Waals surface area contributed by atoms with Crippen molar-refractivity contribution in [2.45, 2.75) is 65.0 Å². The molecule has 6 nitrogen and oxygen atoms in total. The molecule has 6 heteroatoms. The molecule has 0 bridgehead atoms. The van der Waals surface area contributed by atoms with Gasteiger partial charge in [-0.15, -0.1) is 6.58 Å². The molecule has 4 atom stereocenters. The molecule has 1 aliphatic heterocycles. The molecule has 40 heavy (non-hydrogen) atoms. The number of carbonyl (C=O) groups is 2. The number of rotatable bonds is 11. The second kappa shape index (κ2) is 14.0. The van der Waals surface area contributed by atoms with Crippen molar-refractivity contribution in [3.8, 4) is 0 Å². The summed E-state index contributed by atoms with van der Waals surface area (Å²) in [4.78, 5) is 29.5. The van der Waals surface area contributed by atoms with Gasteiger partial charge in [0.1, 0.15) is 6.61 Å². The largest absolute Gasteiger partial charge is 0.481 e. The molecule has 1 N–H and O–H groups in total. The van der Waals surface area contributed by atoms with Gasteiger partial charge in [-0.2, -0.15) is 0 Å². The Balaban J connectivity index is 1.36. The van der Waals surface area contributed by atoms with Gasteiger partial charge in [0, 0.05) is 32.2 Å². The van der Waals surface area contributed by atoms with E-state index in [1.807, 2.05) is 56.0 Å². The van der Waals surface area contributed by atoms with Crippen LogP contribution in [-0.2, 0) is 16.1 Å². The summed E-state index contributed by atoms with van der Waals surface area (Å²) < 4.78 is 5.68. The summed E-state index contributed by atoms with van der Waals surface area (Å²) in [6.45, 7) is 13.5. The van der Waals surface area contributed by atoms with Crippen LogP contribution in [-0.4, -0.2) is 59.2 Å². The molecule has 4 rings (SSSR count). The number of likely N-dealkylation sites (tertiary alicyclic amines) is 1. The highest BCUT2D eigenvalue weighted by Gasteiger charge is 2.43. The molecule has 1 amide bonds. The highest BCUT2D eigenvalue weighted by molar-refractivity contribution is 5.70. The van der Waals surface area contributed by atoms with E-state index < -0.39 is 5.97 Å². The number of aryl methyl sites for hydroxylation is 1. The quantitative estimate of drug-likeness (QED) is 0.316. The first-order chi connectivity index (χ1) is 19.3. The number of carboxylic acid groups (broad SMARTS) is 1. The number of aliphatic carboxylic acids is 1. The molecule has 1 aliphatic carbocycles. The molecule has 2 unspecified atom stereocenters. The van der Waals surface area contributed by atoms with Crippen LogP contribution in [0, 0.1) is 30.6 Å². The summed E-state index contributed by atoms with van der Waals surface area (Å²) >= 11 is 0. The molecule has 2 aromatic carbocycles. The van der Waals surface area contributed by atoms with Gasteiger partial charge in [0.05, 0.1) is 5.92 Å². The molecule has 1 saturated heterocycles. The zero-order valence-corrected chi connectivity index (χ0v) is 24.4. The summed E-state index contributed by atoms with van der Waals surface area (Å²) in [5.41, 5.74) is 3.49. The van der Waals surface area contributed by atoms with E-state index in [9.17, 15) is 14.7 Å². The van der Waals surface area contributed by atoms with Crippen molar-refractivity contribution in [3.05, 3.63) is 83.9 Å². The average molecular weight is 547 g/mol. The van der Waals surface area contributed by atoms with Gasteiger partial charge in [-0.25, -0.2) is 4.79 Å².